The Morgan fingerprint density at radius 3 is 1.74 bits per heavy atom. The van der Waals surface area contributed by atoms with E-state index in [1.807, 2.05) is 42.5 Å². The molecule has 0 saturated heterocycles. The number of rotatable bonds is 9. The molecule has 5 rings (SSSR count). The Morgan fingerprint density at radius 2 is 1.26 bits per heavy atom. The molecule has 2 unspecified atom stereocenters. The summed E-state index contributed by atoms with van der Waals surface area (Å²) in [6, 6.07) is 29.7. The molecule has 2 saturated carbocycles. The van der Waals surface area contributed by atoms with Crippen LogP contribution < -0.4 is 0 Å². The van der Waals surface area contributed by atoms with Crippen molar-refractivity contribution >= 4 is 5.78 Å². The van der Waals surface area contributed by atoms with E-state index in [4.69, 9.17) is 16.6 Å². The normalized spacial score (nSPS) is 28.9. The van der Waals surface area contributed by atoms with Gasteiger partial charge < -0.3 is 0 Å². The topological polar surface area (TPSA) is 126 Å². The van der Waals surface area contributed by atoms with Crippen molar-refractivity contribution in [1.82, 2.24) is 0 Å². The third-order valence-electron chi connectivity index (χ3n) is 9.23. The van der Waals surface area contributed by atoms with Crippen LogP contribution in [0.15, 0.2) is 106 Å². The number of ketones is 1. The summed E-state index contributed by atoms with van der Waals surface area (Å²) in [4.78, 5) is 13.8. The molecule has 0 aliphatic heterocycles. The molecule has 2 fully saturated rings. The molecule has 2 aliphatic rings. The Bertz CT molecular complexity index is 1250. The Labute approximate surface area is 223 Å². The highest BCUT2D eigenvalue weighted by atomic mass is 16.1. The van der Waals surface area contributed by atoms with Gasteiger partial charge in [-0.3, -0.25) is 4.79 Å². The standard InChI is InChI=1S/C31H34N6O/c32-35-27-22-31(37-34,25-14-8-3-9-15-25)30(28(27)38)20-18-29(36-33,19-21-30)17-16-26(23-10-4-1-5-11-23)24-12-6-2-7-13-24/h1-15,26-27,32-34H,16-22H2. The highest BCUT2D eigenvalue weighted by Gasteiger charge is 2.67. The minimum atomic E-state index is -1.04. The molecule has 3 aromatic carbocycles. The van der Waals surface area contributed by atoms with Crippen LogP contribution in [0.3, 0.4) is 0 Å². The molecule has 7 heteroatoms. The number of carbonyl (C=O) groups excluding carboxylic acids is 1. The minimum Gasteiger partial charge on any atom is -0.296 e. The van der Waals surface area contributed by atoms with E-state index in [-0.39, 0.29) is 18.1 Å². The molecule has 0 radical (unpaired) electrons. The highest BCUT2D eigenvalue weighted by molar-refractivity contribution is 5.94. The van der Waals surface area contributed by atoms with Crippen molar-refractivity contribution in [2.45, 2.75) is 68.0 Å². The van der Waals surface area contributed by atoms with Gasteiger partial charge in [0.05, 0.1) is 11.0 Å². The maximum absolute atomic E-state index is 13.8. The summed E-state index contributed by atoms with van der Waals surface area (Å²) in [5.74, 6) is 0.107. The molecule has 0 amide bonds. The molecule has 0 heterocycles. The van der Waals surface area contributed by atoms with Gasteiger partial charge >= 0.3 is 0 Å². The molecular weight excluding hydrogens is 472 g/mol. The van der Waals surface area contributed by atoms with Crippen LogP contribution >= 0.6 is 0 Å². The van der Waals surface area contributed by atoms with Gasteiger partial charge in [0.15, 0.2) is 5.78 Å². The monoisotopic (exact) mass is 506 g/mol. The number of hydrogen-bond donors (Lipinski definition) is 3. The predicted octanol–water partition coefficient (Wildman–Crippen LogP) is 8.23. The average Bonchev–Trinajstić information content (AvgIpc) is 3.23. The fraction of sp³-hybridized carbons (Fsp3) is 0.387. The van der Waals surface area contributed by atoms with Gasteiger partial charge in [-0.1, -0.05) is 91.0 Å². The lowest BCUT2D eigenvalue weighted by Crippen LogP contribution is -2.50. The van der Waals surface area contributed by atoms with E-state index in [0.29, 0.717) is 25.7 Å². The van der Waals surface area contributed by atoms with E-state index in [1.54, 1.807) is 0 Å². The lowest BCUT2D eigenvalue weighted by molar-refractivity contribution is -0.132. The van der Waals surface area contributed by atoms with Gasteiger partial charge in [-0.05, 0) is 55.2 Å². The van der Waals surface area contributed by atoms with Gasteiger partial charge in [-0.25, -0.2) is 16.6 Å². The maximum Gasteiger partial charge on any atom is 0.168 e. The van der Waals surface area contributed by atoms with E-state index in [1.165, 1.54) is 11.1 Å². The fourth-order valence-electron chi connectivity index (χ4n) is 7.05. The van der Waals surface area contributed by atoms with Crippen molar-refractivity contribution in [3.63, 3.8) is 0 Å². The first kappa shape index (κ1) is 25.8. The number of Topliss-reactive ketones (excluding diaryl/α,β-unsaturated/α-hetero) is 1. The summed E-state index contributed by atoms with van der Waals surface area (Å²) in [5.41, 5.74) is 25.0. The van der Waals surface area contributed by atoms with Crippen molar-refractivity contribution in [1.29, 1.82) is 16.6 Å². The SMILES string of the molecule is N=NC1CC(N=N)(c2ccccc2)C2(CCC(CCC(c3ccccc3)c3ccccc3)(N=N)CC2)C1=O. The summed E-state index contributed by atoms with van der Waals surface area (Å²) in [6.45, 7) is 0. The Kier molecular flexibility index (Phi) is 7.11. The summed E-state index contributed by atoms with van der Waals surface area (Å²) >= 11 is 0. The molecule has 38 heavy (non-hydrogen) atoms. The van der Waals surface area contributed by atoms with Gasteiger partial charge in [-0.2, -0.15) is 15.3 Å². The Morgan fingerprint density at radius 1 is 0.737 bits per heavy atom. The molecule has 3 N–H and O–H groups in total. The number of hydrogen-bond acceptors (Lipinski definition) is 7. The lowest BCUT2D eigenvalue weighted by atomic mass is 9.57. The number of nitrogens with zero attached hydrogens (tertiary/aromatic N) is 3. The third kappa shape index (κ3) is 4.20. The molecular formula is C31H34N6O. The summed E-state index contributed by atoms with van der Waals surface area (Å²) in [7, 11) is 0. The van der Waals surface area contributed by atoms with Crippen LogP contribution in [0.4, 0.5) is 0 Å². The predicted molar refractivity (Wildman–Crippen MR) is 145 cm³/mol. The first-order valence-corrected chi connectivity index (χ1v) is 13.4. The van der Waals surface area contributed by atoms with E-state index in [2.05, 4.69) is 63.9 Å². The van der Waals surface area contributed by atoms with E-state index in [0.717, 1.165) is 18.4 Å². The smallest absolute Gasteiger partial charge is 0.168 e. The largest absolute Gasteiger partial charge is 0.296 e. The van der Waals surface area contributed by atoms with Gasteiger partial charge in [0.2, 0.25) is 0 Å². The molecule has 2 aliphatic carbocycles. The fourth-order valence-corrected chi connectivity index (χ4v) is 7.05. The minimum absolute atomic E-state index is 0.0858. The third-order valence-corrected chi connectivity index (χ3v) is 9.23. The van der Waals surface area contributed by atoms with Crippen molar-refractivity contribution in [3.05, 3.63) is 108 Å². The molecule has 7 nitrogen and oxygen atoms in total. The lowest BCUT2D eigenvalue weighted by Gasteiger charge is -2.48. The van der Waals surface area contributed by atoms with E-state index < -0.39 is 22.5 Å². The zero-order chi connectivity index (χ0) is 26.6. The van der Waals surface area contributed by atoms with E-state index >= 15 is 0 Å². The summed E-state index contributed by atoms with van der Waals surface area (Å²) in [6.07, 6.45) is 3.95. The molecule has 0 aromatic heterocycles. The molecule has 2 atom stereocenters. The zero-order valence-electron chi connectivity index (χ0n) is 21.5. The van der Waals surface area contributed by atoms with Crippen LogP contribution in [0.2, 0.25) is 0 Å². The second kappa shape index (κ2) is 10.5. The van der Waals surface area contributed by atoms with Crippen molar-refractivity contribution < 1.29 is 4.79 Å². The van der Waals surface area contributed by atoms with Crippen molar-refractivity contribution in [2.75, 3.05) is 0 Å². The van der Waals surface area contributed by atoms with Crippen LogP contribution in [0.1, 0.15) is 67.6 Å². The summed E-state index contributed by atoms with van der Waals surface area (Å²) < 4.78 is 0. The molecule has 0 bridgehead atoms. The van der Waals surface area contributed by atoms with Gasteiger partial charge in [0.1, 0.15) is 11.6 Å². The van der Waals surface area contributed by atoms with Crippen LogP contribution in [0.5, 0.6) is 0 Å². The van der Waals surface area contributed by atoms with Crippen LogP contribution in [0, 0.1) is 22.0 Å². The summed E-state index contributed by atoms with van der Waals surface area (Å²) in [5, 5.41) is 12.0. The van der Waals surface area contributed by atoms with Gasteiger partial charge in [0.25, 0.3) is 0 Å². The molecule has 3 aromatic rings. The van der Waals surface area contributed by atoms with Crippen molar-refractivity contribution in [2.24, 2.45) is 20.8 Å². The highest BCUT2D eigenvalue weighted by Crippen LogP contribution is 2.62. The van der Waals surface area contributed by atoms with E-state index in [9.17, 15) is 4.79 Å². The van der Waals surface area contributed by atoms with Crippen LogP contribution in [0.25, 0.3) is 0 Å². The van der Waals surface area contributed by atoms with Gasteiger partial charge in [0, 0.05) is 12.3 Å². The second-order valence-electron chi connectivity index (χ2n) is 10.9. The number of nitrogens with one attached hydrogen (secondary N) is 3. The molecule has 1 spiro atoms. The quantitative estimate of drug-likeness (QED) is 0.248. The number of carbonyl (C=O) groups is 1. The Hall–Kier alpha value is -3.87. The first-order chi connectivity index (χ1) is 18.5. The van der Waals surface area contributed by atoms with Crippen LogP contribution in [-0.2, 0) is 10.3 Å². The Balaban J connectivity index is 1.43. The first-order valence-electron chi connectivity index (χ1n) is 13.4. The maximum atomic E-state index is 13.8. The average molecular weight is 507 g/mol. The zero-order valence-corrected chi connectivity index (χ0v) is 21.5. The van der Waals surface area contributed by atoms with Gasteiger partial charge in [-0.15, -0.1) is 0 Å². The second-order valence-corrected chi connectivity index (χ2v) is 10.9. The number of benzene rings is 3. The van der Waals surface area contributed by atoms with Crippen molar-refractivity contribution in [3.8, 4) is 0 Å². The molecule has 194 valence electrons. The van der Waals surface area contributed by atoms with Crippen LogP contribution in [-0.4, -0.2) is 17.4 Å².